The molecule has 0 saturated carbocycles. The maximum Gasteiger partial charge on any atom is 0.253 e. The number of unbranched alkanes of at least 4 members (excludes halogenated alkanes) is 6. The first-order chi connectivity index (χ1) is 42.8. The number of likely N-dealkylation sites (tertiary alicyclic amines) is 1. The molecule has 5 aromatic rings. The van der Waals surface area contributed by atoms with Crippen LogP contribution in [-0.2, 0) is 48.3 Å². The Bertz CT molecular complexity index is 3220. The monoisotopic (exact) mass is 1240 g/mol. The Kier molecular flexibility index (Phi) is 25.1. The van der Waals surface area contributed by atoms with Crippen LogP contribution in [0.4, 0.5) is 5.69 Å². The number of thiazole rings is 1. The number of hydrogen-bond acceptors (Lipinski definition) is 14. The quantitative estimate of drug-likeness (QED) is 0.0249. The van der Waals surface area contributed by atoms with Crippen LogP contribution in [0.15, 0.2) is 77.0 Å². The molecule has 482 valence electrons. The Morgan fingerprint density at radius 1 is 0.798 bits per heavy atom. The Labute approximate surface area is 530 Å². The minimum Gasteiger partial charge on any atom is -0.391 e. The van der Waals surface area contributed by atoms with Gasteiger partial charge in [0.1, 0.15) is 18.7 Å². The van der Waals surface area contributed by atoms with Gasteiger partial charge in [0, 0.05) is 120 Å². The molecule has 3 fully saturated rings. The van der Waals surface area contributed by atoms with E-state index in [4.69, 9.17) is 9.47 Å². The van der Waals surface area contributed by atoms with Gasteiger partial charge in [-0.25, -0.2) is 4.98 Å². The molecule has 3 aliphatic rings. The second kappa shape index (κ2) is 32.8. The highest BCUT2D eigenvalue weighted by Gasteiger charge is 2.44. The molecule has 20 heteroatoms. The number of H-pyrrole nitrogens is 1. The number of rotatable bonds is 29. The summed E-state index contributed by atoms with van der Waals surface area (Å²) in [7, 11) is 0. The van der Waals surface area contributed by atoms with E-state index >= 15 is 0 Å². The van der Waals surface area contributed by atoms with E-state index in [2.05, 4.69) is 83.2 Å². The number of benzene rings is 3. The van der Waals surface area contributed by atoms with E-state index in [9.17, 15) is 33.9 Å². The SMILES string of the molecule is CCN(c1cc(-c2ccc(CN3CCN(CC(=O)NCCCCCCCCCOCC(=O)N[C@H](C(=O)N4C[C@H](O)C[C@H]4C(=O)NCc4ccc(-c5scnc5C)cc4)C(C)(C)C)CC3)cc2)cc(C(=O)NCc2c(C)cc(C)[nH]c2=O)c1C)C1CCOCC1. The molecular formula is C69H96N10O9S. The van der Waals surface area contributed by atoms with Gasteiger partial charge in [0.2, 0.25) is 23.6 Å². The van der Waals surface area contributed by atoms with Crippen LogP contribution in [0.3, 0.4) is 0 Å². The van der Waals surface area contributed by atoms with Crippen LogP contribution in [0.2, 0.25) is 0 Å². The predicted octanol–water partition coefficient (Wildman–Crippen LogP) is 8.12. The van der Waals surface area contributed by atoms with Crippen molar-refractivity contribution in [1.29, 1.82) is 0 Å². The van der Waals surface area contributed by atoms with Crippen molar-refractivity contribution in [1.82, 2.24) is 45.9 Å². The first-order valence-electron chi connectivity index (χ1n) is 32.2. The fraction of sp³-hybridized carbons (Fsp3) is 0.551. The number of anilines is 1. The van der Waals surface area contributed by atoms with Crippen LogP contribution in [0.1, 0.15) is 141 Å². The number of nitrogens with zero attached hydrogens (tertiary/aromatic N) is 5. The highest BCUT2D eigenvalue weighted by Crippen LogP contribution is 2.35. The number of hydrogen-bond donors (Lipinski definition) is 6. The third-order valence-electron chi connectivity index (χ3n) is 17.6. The number of aryl methyl sites for hydroxylation is 3. The summed E-state index contributed by atoms with van der Waals surface area (Å²) in [5, 5.41) is 22.6. The Morgan fingerprint density at radius 2 is 1.46 bits per heavy atom. The van der Waals surface area contributed by atoms with Gasteiger partial charge in [-0.3, -0.25) is 38.6 Å². The van der Waals surface area contributed by atoms with Gasteiger partial charge < -0.3 is 50.6 Å². The van der Waals surface area contributed by atoms with Gasteiger partial charge in [-0.15, -0.1) is 11.3 Å². The van der Waals surface area contributed by atoms with Crippen molar-refractivity contribution < 1.29 is 38.6 Å². The number of β-amino-alcohol motifs (C(OH)–C–C–N with tert-alkyl or cyclic N) is 1. The number of amides is 5. The first kappa shape index (κ1) is 68.1. The van der Waals surface area contributed by atoms with Crippen molar-refractivity contribution in [3.8, 4) is 21.6 Å². The van der Waals surface area contributed by atoms with Crippen LogP contribution < -0.4 is 31.7 Å². The zero-order chi connectivity index (χ0) is 63.6. The minimum absolute atomic E-state index is 0.00197. The molecule has 0 radical (unpaired) electrons. The molecule has 3 aromatic carbocycles. The topological polar surface area (TPSA) is 231 Å². The molecule has 19 nitrogen and oxygen atoms in total. The average molecular weight is 1240 g/mol. The molecule has 0 bridgehead atoms. The fourth-order valence-corrected chi connectivity index (χ4v) is 13.2. The number of ether oxygens (including phenoxy) is 2. The lowest BCUT2D eigenvalue weighted by atomic mass is 9.85. The van der Waals surface area contributed by atoms with Crippen LogP contribution >= 0.6 is 11.3 Å². The number of aromatic amines is 1. The zero-order valence-corrected chi connectivity index (χ0v) is 54.6. The van der Waals surface area contributed by atoms with Crippen LogP contribution in [0.5, 0.6) is 0 Å². The van der Waals surface area contributed by atoms with Crippen molar-refractivity contribution in [3.63, 3.8) is 0 Å². The number of carbonyl (C=O) groups is 5. The summed E-state index contributed by atoms with van der Waals surface area (Å²) in [5.41, 5.74) is 11.8. The maximum atomic E-state index is 14.0. The van der Waals surface area contributed by atoms with E-state index in [1.807, 2.05) is 90.4 Å². The van der Waals surface area contributed by atoms with E-state index in [-0.39, 0.29) is 55.9 Å². The van der Waals surface area contributed by atoms with Gasteiger partial charge in [-0.1, -0.05) is 101 Å². The lowest BCUT2D eigenvalue weighted by Gasteiger charge is -2.37. The Balaban J connectivity index is 0.682. The molecule has 3 atom stereocenters. The van der Waals surface area contributed by atoms with Crippen molar-refractivity contribution in [2.24, 2.45) is 5.41 Å². The third kappa shape index (κ3) is 19.4. The van der Waals surface area contributed by atoms with E-state index in [0.717, 1.165) is 152 Å². The smallest absolute Gasteiger partial charge is 0.253 e. The number of piperazine rings is 1. The number of aromatic nitrogens is 2. The molecule has 0 spiro atoms. The number of carbonyl (C=O) groups excluding carboxylic acids is 5. The molecule has 0 unspecified atom stereocenters. The molecule has 5 heterocycles. The van der Waals surface area contributed by atoms with Gasteiger partial charge in [-0.05, 0) is 123 Å². The third-order valence-corrected chi connectivity index (χ3v) is 18.6. The van der Waals surface area contributed by atoms with E-state index in [1.165, 1.54) is 10.5 Å². The van der Waals surface area contributed by atoms with E-state index in [0.29, 0.717) is 50.1 Å². The van der Waals surface area contributed by atoms with Gasteiger partial charge in [0.05, 0.1) is 28.7 Å². The number of pyridine rings is 1. The van der Waals surface area contributed by atoms with Gasteiger partial charge in [-0.2, -0.15) is 0 Å². The average Bonchev–Trinajstić information content (AvgIpc) is 1.90. The predicted molar refractivity (Wildman–Crippen MR) is 351 cm³/mol. The minimum atomic E-state index is -0.929. The summed E-state index contributed by atoms with van der Waals surface area (Å²) in [6.45, 7) is 23.6. The van der Waals surface area contributed by atoms with Gasteiger partial charge in [0.25, 0.3) is 11.5 Å². The highest BCUT2D eigenvalue weighted by atomic mass is 32.1. The molecule has 89 heavy (non-hydrogen) atoms. The Morgan fingerprint density at radius 3 is 2.12 bits per heavy atom. The largest absolute Gasteiger partial charge is 0.391 e. The molecule has 8 rings (SSSR count). The highest BCUT2D eigenvalue weighted by molar-refractivity contribution is 7.13. The number of aliphatic hydroxyl groups excluding tert-OH is 1. The molecule has 3 saturated heterocycles. The molecule has 2 aromatic heterocycles. The standard InChI is InChI=1S/C69H96N10O9S/c1-9-78(55-25-33-87-34-26-55)59-37-54(36-57(48(59)4)65(83)72-40-58-46(2)35-47(3)74-66(58)84)52-21-19-51(20-22-52)41-76-28-30-77(31-29-76)43-61(81)70-27-15-13-11-10-12-14-16-32-88-44-62(82)75-64(69(6,7)8)68(86)79-42-56(80)38-60(79)67(85)71-39-50-17-23-53(24-18-50)63-49(5)73-45-89-63/h17-24,35-37,45,55-56,60,64,80H,9-16,25-34,38-44H2,1-8H3,(H,70,81)(H,71,85)(H,72,83)(H,74,84)(H,75,82)/t56-,60+,64-/m1/s1. The molecule has 5 amide bonds. The summed E-state index contributed by atoms with van der Waals surface area (Å²) in [4.78, 5) is 97.2. The normalized spacial score (nSPS) is 17.1. The van der Waals surface area contributed by atoms with Crippen LogP contribution in [0, 0.1) is 33.1 Å². The number of nitrogens with one attached hydrogen (secondary N) is 5. The summed E-state index contributed by atoms with van der Waals surface area (Å²) in [5.74, 6) is -1.33. The molecular weight excluding hydrogens is 1140 g/mol. The Hall–Kier alpha value is -6.81. The summed E-state index contributed by atoms with van der Waals surface area (Å²) >= 11 is 1.58. The van der Waals surface area contributed by atoms with Crippen molar-refractivity contribution >= 4 is 46.6 Å². The molecule has 3 aliphatic heterocycles. The summed E-state index contributed by atoms with van der Waals surface area (Å²) < 4.78 is 11.4. The fourth-order valence-electron chi connectivity index (χ4n) is 12.4. The second-order valence-corrected chi connectivity index (χ2v) is 26.3. The first-order valence-corrected chi connectivity index (χ1v) is 33.0. The summed E-state index contributed by atoms with van der Waals surface area (Å²) in [6, 6.07) is 21.2. The second-order valence-electron chi connectivity index (χ2n) is 25.5. The van der Waals surface area contributed by atoms with Gasteiger partial charge in [0.15, 0.2) is 0 Å². The summed E-state index contributed by atoms with van der Waals surface area (Å²) in [6.07, 6.45) is 8.04. The van der Waals surface area contributed by atoms with E-state index in [1.54, 1.807) is 11.3 Å². The van der Waals surface area contributed by atoms with Gasteiger partial charge >= 0.3 is 0 Å². The van der Waals surface area contributed by atoms with Crippen molar-refractivity contribution in [2.45, 2.75) is 163 Å². The van der Waals surface area contributed by atoms with E-state index < -0.39 is 35.4 Å². The number of aliphatic hydroxyl groups is 1. The lowest BCUT2D eigenvalue weighted by molar-refractivity contribution is -0.144. The van der Waals surface area contributed by atoms with Crippen LogP contribution in [0.25, 0.3) is 21.6 Å². The van der Waals surface area contributed by atoms with Crippen molar-refractivity contribution in [3.05, 3.63) is 127 Å². The molecule has 0 aliphatic carbocycles. The lowest BCUT2D eigenvalue weighted by Crippen LogP contribution is -2.58. The van der Waals surface area contributed by atoms with Crippen LogP contribution in [-0.4, -0.2) is 162 Å². The van der Waals surface area contributed by atoms with Crippen molar-refractivity contribution in [2.75, 3.05) is 83.7 Å². The zero-order valence-electron chi connectivity index (χ0n) is 53.8. The maximum absolute atomic E-state index is 14.0. The molecule has 6 N–H and O–H groups in total.